The summed E-state index contributed by atoms with van der Waals surface area (Å²) >= 11 is 5.78. The van der Waals surface area contributed by atoms with E-state index in [9.17, 15) is 14.4 Å². The van der Waals surface area contributed by atoms with Gasteiger partial charge in [-0.1, -0.05) is 11.6 Å². The number of ether oxygens (including phenoxy) is 2. The van der Waals surface area contributed by atoms with E-state index in [0.29, 0.717) is 35.7 Å². The van der Waals surface area contributed by atoms with Crippen LogP contribution in [0.15, 0.2) is 42.5 Å². The van der Waals surface area contributed by atoms with Crippen molar-refractivity contribution in [3.05, 3.63) is 64.2 Å². The number of halogens is 1. The Morgan fingerprint density at radius 2 is 1.82 bits per heavy atom. The predicted octanol–water partition coefficient (Wildman–Crippen LogP) is 3.21. The molecule has 0 aliphatic carbocycles. The lowest BCUT2D eigenvalue weighted by Gasteiger charge is -2.07. The first kappa shape index (κ1) is 19.9. The molecule has 0 atom stereocenters. The Kier molecular flexibility index (Phi) is 6.66. The highest BCUT2D eigenvalue weighted by Gasteiger charge is 2.16. The van der Waals surface area contributed by atoms with Crippen molar-refractivity contribution in [1.82, 2.24) is 5.32 Å². The van der Waals surface area contributed by atoms with Gasteiger partial charge in [-0.15, -0.1) is 0 Å². The number of hydrogen-bond acceptors (Lipinski definition) is 5. The number of ketones is 1. The summed E-state index contributed by atoms with van der Waals surface area (Å²) in [6.45, 7) is 0.654. The Bertz CT molecular complexity index is 879. The highest BCUT2D eigenvalue weighted by Crippen LogP contribution is 2.26. The first-order valence-corrected chi connectivity index (χ1v) is 9.39. The summed E-state index contributed by atoms with van der Waals surface area (Å²) in [7, 11) is 0. The summed E-state index contributed by atoms with van der Waals surface area (Å²) in [5.41, 5.74) is 2.00. The molecule has 6 nitrogen and oxygen atoms in total. The molecule has 0 bridgehead atoms. The Hall–Kier alpha value is -2.86. The van der Waals surface area contributed by atoms with Crippen molar-refractivity contribution in [3.63, 3.8) is 0 Å². The van der Waals surface area contributed by atoms with Crippen LogP contribution in [0.1, 0.15) is 39.1 Å². The fourth-order valence-electron chi connectivity index (χ4n) is 2.80. The first-order valence-electron chi connectivity index (χ1n) is 9.01. The molecule has 2 aromatic carbocycles. The minimum Gasteiger partial charge on any atom is -0.493 e. The SMILES string of the molecule is O=C(CCCNC(=O)c1ccc(Cl)cc1)OCC(=O)c1ccc2c(c1)CCO2. The average Bonchev–Trinajstić information content (AvgIpc) is 3.17. The lowest BCUT2D eigenvalue weighted by Crippen LogP contribution is -2.25. The predicted molar refractivity (Wildman–Crippen MR) is 104 cm³/mol. The maximum atomic E-state index is 12.2. The van der Waals surface area contributed by atoms with Crippen LogP contribution in [0, 0.1) is 0 Å². The molecule has 0 saturated carbocycles. The molecule has 1 aliphatic rings. The van der Waals surface area contributed by atoms with Gasteiger partial charge in [0.15, 0.2) is 12.4 Å². The van der Waals surface area contributed by atoms with Crippen LogP contribution < -0.4 is 10.1 Å². The van der Waals surface area contributed by atoms with Crippen LogP contribution in [0.3, 0.4) is 0 Å². The topological polar surface area (TPSA) is 81.7 Å². The summed E-state index contributed by atoms with van der Waals surface area (Å²) in [4.78, 5) is 35.9. The summed E-state index contributed by atoms with van der Waals surface area (Å²) in [5.74, 6) is -0.160. The van der Waals surface area contributed by atoms with Gasteiger partial charge in [-0.3, -0.25) is 14.4 Å². The molecule has 2 aromatic rings. The maximum absolute atomic E-state index is 12.2. The van der Waals surface area contributed by atoms with Gasteiger partial charge < -0.3 is 14.8 Å². The number of amides is 1. The third-order valence-electron chi connectivity index (χ3n) is 4.33. The number of nitrogens with one attached hydrogen (secondary N) is 1. The molecule has 1 heterocycles. The zero-order valence-corrected chi connectivity index (χ0v) is 16.0. The zero-order chi connectivity index (χ0) is 19.9. The van der Waals surface area contributed by atoms with Gasteiger partial charge in [0.1, 0.15) is 5.75 Å². The maximum Gasteiger partial charge on any atom is 0.306 e. The number of hydrogen-bond donors (Lipinski definition) is 1. The third kappa shape index (κ3) is 5.33. The molecule has 0 fully saturated rings. The highest BCUT2D eigenvalue weighted by atomic mass is 35.5. The van der Waals surface area contributed by atoms with Crippen molar-refractivity contribution < 1.29 is 23.9 Å². The van der Waals surface area contributed by atoms with Crippen molar-refractivity contribution in [2.45, 2.75) is 19.3 Å². The van der Waals surface area contributed by atoms with E-state index in [0.717, 1.165) is 17.7 Å². The van der Waals surface area contributed by atoms with Crippen molar-refractivity contribution in [2.75, 3.05) is 19.8 Å². The number of esters is 1. The molecule has 3 rings (SSSR count). The molecule has 0 spiro atoms. The summed E-state index contributed by atoms with van der Waals surface area (Å²) in [6, 6.07) is 11.8. The molecule has 0 radical (unpaired) electrons. The van der Waals surface area contributed by atoms with Crippen LogP contribution in [-0.4, -0.2) is 37.4 Å². The van der Waals surface area contributed by atoms with Crippen LogP contribution in [0.2, 0.25) is 5.02 Å². The van der Waals surface area contributed by atoms with E-state index in [1.165, 1.54) is 0 Å². The van der Waals surface area contributed by atoms with E-state index < -0.39 is 5.97 Å². The molecular formula is C21H20ClNO5. The van der Waals surface area contributed by atoms with Gasteiger partial charge in [-0.2, -0.15) is 0 Å². The van der Waals surface area contributed by atoms with Gasteiger partial charge in [-0.05, 0) is 54.4 Å². The lowest BCUT2D eigenvalue weighted by molar-refractivity contribution is -0.142. The molecular weight excluding hydrogens is 382 g/mol. The van der Waals surface area contributed by atoms with E-state index in [4.69, 9.17) is 21.1 Å². The van der Waals surface area contributed by atoms with E-state index in [-0.39, 0.29) is 24.7 Å². The smallest absolute Gasteiger partial charge is 0.306 e. The van der Waals surface area contributed by atoms with Crippen molar-refractivity contribution in [2.24, 2.45) is 0 Å². The fourth-order valence-corrected chi connectivity index (χ4v) is 2.93. The van der Waals surface area contributed by atoms with Gasteiger partial charge in [0.2, 0.25) is 0 Å². The Balaban J connectivity index is 1.35. The molecule has 0 unspecified atom stereocenters. The minimum absolute atomic E-state index is 0.117. The Labute approximate surface area is 167 Å². The van der Waals surface area contributed by atoms with Crippen LogP contribution in [-0.2, 0) is 16.0 Å². The van der Waals surface area contributed by atoms with Crippen molar-refractivity contribution in [1.29, 1.82) is 0 Å². The second-order valence-electron chi connectivity index (χ2n) is 6.37. The quantitative estimate of drug-likeness (QED) is 0.417. The molecule has 1 N–H and O–H groups in total. The van der Waals surface area contributed by atoms with Gasteiger partial charge >= 0.3 is 5.97 Å². The average molecular weight is 402 g/mol. The summed E-state index contributed by atoms with van der Waals surface area (Å²) in [6.07, 6.45) is 1.31. The van der Waals surface area contributed by atoms with Crippen LogP contribution in [0.25, 0.3) is 0 Å². The van der Waals surface area contributed by atoms with Gasteiger partial charge in [0, 0.05) is 35.5 Å². The molecule has 28 heavy (non-hydrogen) atoms. The van der Waals surface area contributed by atoms with Gasteiger partial charge in [-0.25, -0.2) is 0 Å². The summed E-state index contributed by atoms with van der Waals surface area (Å²) in [5, 5.41) is 3.28. The Morgan fingerprint density at radius 1 is 1.07 bits per heavy atom. The second kappa shape index (κ2) is 9.37. The number of Topliss-reactive ketones (excluding diaryl/α,β-unsaturated/α-hetero) is 1. The fraction of sp³-hybridized carbons (Fsp3) is 0.286. The second-order valence-corrected chi connectivity index (χ2v) is 6.81. The number of rotatable bonds is 8. The molecule has 7 heteroatoms. The van der Waals surface area contributed by atoms with E-state index in [1.807, 2.05) is 0 Å². The largest absolute Gasteiger partial charge is 0.493 e. The van der Waals surface area contributed by atoms with Crippen LogP contribution in [0.4, 0.5) is 0 Å². The standard InChI is InChI=1S/C21H20ClNO5/c22-17-6-3-14(4-7-17)21(26)23-10-1-2-20(25)28-13-18(24)15-5-8-19-16(12-15)9-11-27-19/h3-8,12H,1-2,9-11,13H2,(H,23,26). The van der Waals surface area contributed by atoms with Gasteiger partial charge in [0.05, 0.1) is 6.61 Å². The minimum atomic E-state index is -0.474. The molecule has 1 aliphatic heterocycles. The molecule has 0 aromatic heterocycles. The number of carbonyl (C=O) groups is 3. The van der Waals surface area contributed by atoms with Gasteiger partial charge in [0.25, 0.3) is 5.91 Å². The van der Waals surface area contributed by atoms with E-state index in [1.54, 1.807) is 42.5 Å². The highest BCUT2D eigenvalue weighted by molar-refractivity contribution is 6.30. The van der Waals surface area contributed by atoms with E-state index in [2.05, 4.69) is 5.32 Å². The van der Waals surface area contributed by atoms with Crippen LogP contribution >= 0.6 is 11.6 Å². The monoisotopic (exact) mass is 401 g/mol. The molecule has 1 amide bonds. The number of fused-ring (bicyclic) bond motifs is 1. The lowest BCUT2D eigenvalue weighted by atomic mass is 10.1. The third-order valence-corrected chi connectivity index (χ3v) is 4.58. The number of carbonyl (C=O) groups excluding carboxylic acids is 3. The van der Waals surface area contributed by atoms with Crippen molar-refractivity contribution >= 4 is 29.3 Å². The normalized spacial score (nSPS) is 12.0. The number of benzene rings is 2. The van der Waals surface area contributed by atoms with Crippen LogP contribution in [0.5, 0.6) is 5.75 Å². The van der Waals surface area contributed by atoms with E-state index >= 15 is 0 Å². The zero-order valence-electron chi connectivity index (χ0n) is 15.2. The van der Waals surface area contributed by atoms with Crippen molar-refractivity contribution in [3.8, 4) is 5.75 Å². The first-order chi connectivity index (χ1) is 13.5. The summed E-state index contributed by atoms with van der Waals surface area (Å²) < 4.78 is 10.4. The Morgan fingerprint density at radius 3 is 2.61 bits per heavy atom. The molecule has 146 valence electrons. The molecule has 0 saturated heterocycles.